The molecular formula is C22H15NO. The van der Waals surface area contributed by atoms with Crippen molar-refractivity contribution in [1.82, 2.24) is 4.98 Å². The Balaban J connectivity index is 1.62. The van der Waals surface area contributed by atoms with Gasteiger partial charge in [-0.25, -0.2) is 4.98 Å². The molecule has 1 aromatic heterocycles. The fraction of sp³-hybridized carbons (Fsp3) is 0. The lowest BCUT2D eigenvalue weighted by Crippen LogP contribution is -1.94. The van der Waals surface area contributed by atoms with Gasteiger partial charge in [0.25, 0.3) is 0 Å². The van der Waals surface area contributed by atoms with Crippen molar-refractivity contribution in [1.29, 1.82) is 0 Å². The summed E-state index contributed by atoms with van der Waals surface area (Å²) in [6.07, 6.45) is 3.35. The van der Waals surface area contributed by atoms with E-state index in [0.717, 1.165) is 27.4 Å². The van der Waals surface area contributed by atoms with Gasteiger partial charge in [0.05, 0.1) is 11.2 Å². The number of allylic oxidation sites excluding steroid dienone is 1. The number of nitrogens with zero attached hydrogens (tertiary/aromatic N) is 1. The molecule has 0 unspecified atom stereocenters. The third-order valence-corrected chi connectivity index (χ3v) is 4.06. The first-order valence-electron chi connectivity index (χ1n) is 7.87. The van der Waals surface area contributed by atoms with Crippen LogP contribution < -0.4 is 0 Å². The van der Waals surface area contributed by atoms with Crippen molar-refractivity contribution in [2.75, 3.05) is 0 Å². The Kier molecular flexibility index (Phi) is 3.64. The quantitative estimate of drug-likeness (QED) is 0.380. The summed E-state index contributed by atoms with van der Waals surface area (Å²) in [5.74, 6) is -0.0179. The molecular weight excluding hydrogens is 294 g/mol. The molecule has 114 valence electrons. The molecule has 4 aromatic rings. The maximum atomic E-state index is 12.4. The van der Waals surface area contributed by atoms with E-state index in [4.69, 9.17) is 0 Å². The summed E-state index contributed by atoms with van der Waals surface area (Å²) in [5.41, 5.74) is 2.39. The third kappa shape index (κ3) is 2.82. The Morgan fingerprint density at radius 1 is 0.750 bits per heavy atom. The third-order valence-electron chi connectivity index (χ3n) is 4.06. The lowest BCUT2D eigenvalue weighted by molar-refractivity contribution is 0.104. The van der Waals surface area contributed by atoms with Crippen molar-refractivity contribution in [3.63, 3.8) is 0 Å². The van der Waals surface area contributed by atoms with Crippen molar-refractivity contribution >= 4 is 33.5 Å². The number of hydrogen-bond donors (Lipinski definition) is 0. The summed E-state index contributed by atoms with van der Waals surface area (Å²) in [7, 11) is 0. The zero-order chi connectivity index (χ0) is 16.4. The van der Waals surface area contributed by atoms with E-state index in [1.165, 1.54) is 0 Å². The maximum absolute atomic E-state index is 12.4. The smallest absolute Gasteiger partial charge is 0.185 e. The molecule has 0 aliphatic heterocycles. The molecule has 3 aromatic carbocycles. The van der Waals surface area contributed by atoms with E-state index in [1.54, 1.807) is 12.2 Å². The Morgan fingerprint density at radius 2 is 1.46 bits per heavy atom. The fourth-order valence-electron chi connectivity index (χ4n) is 2.77. The van der Waals surface area contributed by atoms with Crippen LogP contribution in [0, 0.1) is 0 Å². The molecule has 0 fully saturated rings. The number of benzene rings is 3. The lowest BCUT2D eigenvalue weighted by atomic mass is 10.0. The minimum atomic E-state index is -0.0179. The number of para-hydroxylation sites is 1. The molecule has 2 nitrogen and oxygen atoms in total. The number of carbonyl (C=O) groups excluding carboxylic acids is 1. The number of fused-ring (bicyclic) bond motifs is 2. The van der Waals surface area contributed by atoms with Crippen LogP contribution in [0.3, 0.4) is 0 Å². The van der Waals surface area contributed by atoms with Gasteiger partial charge in [0.1, 0.15) is 0 Å². The van der Waals surface area contributed by atoms with Crippen molar-refractivity contribution in [2.24, 2.45) is 0 Å². The Morgan fingerprint density at radius 3 is 2.33 bits per heavy atom. The average molecular weight is 309 g/mol. The molecule has 0 spiro atoms. The molecule has 0 saturated carbocycles. The first-order valence-corrected chi connectivity index (χ1v) is 7.87. The number of aromatic nitrogens is 1. The SMILES string of the molecule is O=C(C=Cc1ccc2ccccc2n1)c1ccc2ccccc2c1. The molecule has 0 bridgehead atoms. The second kappa shape index (κ2) is 6.09. The van der Waals surface area contributed by atoms with E-state index in [2.05, 4.69) is 4.98 Å². The topological polar surface area (TPSA) is 30.0 Å². The predicted molar refractivity (Wildman–Crippen MR) is 99.1 cm³/mol. The van der Waals surface area contributed by atoms with Gasteiger partial charge in [0.15, 0.2) is 5.78 Å². The zero-order valence-electron chi connectivity index (χ0n) is 13.0. The first kappa shape index (κ1) is 14.3. The molecule has 0 saturated heterocycles. The highest BCUT2D eigenvalue weighted by Crippen LogP contribution is 2.17. The molecule has 0 atom stereocenters. The van der Waals surface area contributed by atoms with Crippen LogP contribution in [0.4, 0.5) is 0 Å². The highest BCUT2D eigenvalue weighted by Gasteiger charge is 2.03. The van der Waals surface area contributed by atoms with Crippen molar-refractivity contribution in [3.05, 3.63) is 96.2 Å². The van der Waals surface area contributed by atoms with Crippen LogP contribution in [0.1, 0.15) is 16.1 Å². The van der Waals surface area contributed by atoms with E-state index in [1.807, 2.05) is 78.9 Å². The normalized spacial score (nSPS) is 11.3. The standard InChI is InChI=1S/C22H15NO/c24-22(19-10-9-16-5-1-2-7-18(16)15-19)14-13-20-12-11-17-6-3-4-8-21(17)23-20/h1-15H. The molecule has 1 heterocycles. The second-order valence-electron chi connectivity index (χ2n) is 5.69. The number of hydrogen-bond acceptors (Lipinski definition) is 2. The highest BCUT2D eigenvalue weighted by atomic mass is 16.1. The Labute approximate surface area is 140 Å². The lowest BCUT2D eigenvalue weighted by Gasteiger charge is -2.01. The average Bonchev–Trinajstić information content (AvgIpc) is 2.65. The van der Waals surface area contributed by atoms with Crippen LogP contribution in [-0.2, 0) is 0 Å². The molecule has 0 N–H and O–H groups in total. The van der Waals surface area contributed by atoms with E-state index in [0.29, 0.717) is 5.56 Å². The Bertz CT molecular complexity index is 1080. The molecule has 2 heteroatoms. The van der Waals surface area contributed by atoms with Crippen molar-refractivity contribution < 1.29 is 4.79 Å². The summed E-state index contributed by atoms with van der Waals surface area (Å²) >= 11 is 0. The van der Waals surface area contributed by atoms with Crippen LogP contribution in [0.5, 0.6) is 0 Å². The van der Waals surface area contributed by atoms with E-state index in [-0.39, 0.29) is 5.78 Å². The predicted octanol–water partition coefficient (Wildman–Crippen LogP) is 5.28. The van der Waals surface area contributed by atoms with Crippen molar-refractivity contribution in [3.8, 4) is 0 Å². The van der Waals surface area contributed by atoms with E-state index < -0.39 is 0 Å². The van der Waals surface area contributed by atoms with Gasteiger partial charge in [-0.1, -0.05) is 60.7 Å². The van der Waals surface area contributed by atoms with Crippen molar-refractivity contribution in [2.45, 2.75) is 0 Å². The largest absolute Gasteiger partial charge is 0.289 e. The van der Waals surface area contributed by atoms with Gasteiger partial charge in [-0.2, -0.15) is 0 Å². The number of ketones is 1. The molecule has 0 aliphatic rings. The molecule has 24 heavy (non-hydrogen) atoms. The number of rotatable bonds is 3. The summed E-state index contributed by atoms with van der Waals surface area (Å²) in [6, 6.07) is 25.7. The van der Waals surface area contributed by atoms with Crippen LogP contribution in [0.2, 0.25) is 0 Å². The van der Waals surface area contributed by atoms with Crippen LogP contribution in [-0.4, -0.2) is 10.8 Å². The molecule has 4 rings (SSSR count). The number of carbonyl (C=O) groups is 1. The number of pyridine rings is 1. The van der Waals surface area contributed by atoms with Gasteiger partial charge in [0.2, 0.25) is 0 Å². The van der Waals surface area contributed by atoms with E-state index in [9.17, 15) is 4.79 Å². The van der Waals surface area contributed by atoms with E-state index >= 15 is 0 Å². The molecule has 0 amide bonds. The Hall–Kier alpha value is -3.26. The van der Waals surface area contributed by atoms with Gasteiger partial charge in [-0.3, -0.25) is 4.79 Å². The van der Waals surface area contributed by atoms with Crippen LogP contribution in [0.25, 0.3) is 27.8 Å². The minimum absolute atomic E-state index is 0.0179. The van der Waals surface area contributed by atoms with Crippen LogP contribution >= 0.6 is 0 Å². The highest BCUT2D eigenvalue weighted by molar-refractivity contribution is 6.08. The van der Waals surface area contributed by atoms with Gasteiger partial charge in [0, 0.05) is 10.9 Å². The summed E-state index contributed by atoms with van der Waals surface area (Å²) in [5, 5.41) is 3.30. The monoisotopic (exact) mass is 309 g/mol. The second-order valence-corrected chi connectivity index (χ2v) is 5.69. The zero-order valence-corrected chi connectivity index (χ0v) is 13.0. The van der Waals surface area contributed by atoms with Gasteiger partial charge < -0.3 is 0 Å². The summed E-state index contributed by atoms with van der Waals surface area (Å²) in [6.45, 7) is 0. The minimum Gasteiger partial charge on any atom is -0.289 e. The molecule has 0 radical (unpaired) electrons. The molecule has 0 aliphatic carbocycles. The summed E-state index contributed by atoms with van der Waals surface area (Å²) in [4.78, 5) is 17.0. The van der Waals surface area contributed by atoms with Gasteiger partial charge in [-0.15, -0.1) is 0 Å². The van der Waals surface area contributed by atoms with Gasteiger partial charge >= 0.3 is 0 Å². The fourth-order valence-corrected chi connectivity index (χ4v) is 2.77. The van der Waals surface area contributed by atoms with Crippen LogP contribution in [0.15, 0.2) is 84.9 Å². The van der Waals surface area contributed by atoms with Gasteiger partial charge in [-0.05, 0) is 41.1 Å². The summed E-state index contributed by atoms with van der Waals surface area (Å²) < 4.78 is 0. The maximum Gasteiger partial charge on any atom is 0.185 e. The first-order chi connectivity index (χ1) is 11.8.